The molecule has 0 heterocycles. The van der Waals surface area contributed by atoms with Gasteiger partial charge in [-0.2, -0.15) is 0 Å². The Labute approximate surface area is 84.2 Å². The fourth-order valence-electron chi connectivity index (χ4n) is 1.54. The van der Waals surface area contributed by atoms with E-state index in [-0.39, 0.29) is 0 Å². The van der Waals surface area contributed by atoms with Crippen LogP contribution in [-0.4, -0.2) is 13.4 Å². The lowest BCUT2D eigenvalue weighted by molar-refractivity contribution is 0.112. The first-order valence-corrected chi connectivity index (χ1v) is 4.46. The van der Waals surface area contributed by atoms with Crippen LogP contribution in [0.25, 0.3) is 0 Å². The van der Waals surface area contributed by atoms with Crippen molar-refractivity contribution in [1.82, 2.24) is 0 Å². The van der Waals surface area contributed by atoms with Crippen LogP contribution in [0, 0.1) is 6.92 Å². The van der Waals surface area contributed by atoms with Gasteiger partial charge in [0.15, 0.2) is 0 Å². The first kappa shape index (κ1) is 10.5. The van der Waals surface area contributed by atoms with E-state index in [2.05, 4.69) is 6.58 Å². The maximum absolute atomic E-state index is 10.6. The van der Waals surface area contributed by atoms with Gasteiger partial charge in [0.25, 0.3) is 0 Å². The van der Waals surface area contributed by atoms with Crippen molar-refractivity contribution >= 4 is 6.29 Å². The van der Waals surface area contributed by atoms with Gasteiger partial charge in [-0.1, -0.05) is 6.08 Å². The second kappa shape index (κ2) is 4.61. The lowest BCUT2D eigenvalue weighted by Crippen LogP contribution is -1.96. The molecule has 0 saturated heterocycles. The average molecular weight is 190 g/mol. The SMILES string of the molecule is C=CCc1cc(C=O)cc(C)c1OC. The molecule has 0 aliphatic heterocycles. The van der Waals surface area contributed by atoms with Gasteiger partial charge in [0.05, 0.1) is 7.11 Å². The molecule has 0 atom stereocenters. The molecule has 0 aliphatic rings. The molecule has 2 nitrogen and oxygen atoms in total. The summed E-state index contributed by atoms with van der Waals surface area (Å²) in [4.78, 5) is 10.6. The van der Waals surface area contributed by atoms with Crippen LogP contribution in [0.1, 0.15) is 21.5 Å². The molecule has 0 amide bonds. The maximum Gasteiger partial charge on any atom is 0.150 e. The number of hydrogen-bond acceptors (Lipinski definition) is 2. The van der Waals surface area contributed by atoms with Gasteiger partial charge in [0, 0.05) is 5.56 Å². The van der Waals surface area contributed by atoms with E-state index >= 15 is 0 Å². The average Bonchev–Trinajstić information content (AvgIpc) is 2.18. The molecule has 14 heavy (non-hydrogen) atoms. The third kappa shape index (κ3) is 2.02. The molecule has 0 aromatic heterocycles. The Morgan fingerprint density at radius 3 is 2.71 bits per heavy atom. The molecule has 2 heteroatoms. The number of carbonyl (C=O) groups excluding carboxylic acids is 1. The first-order valence-electron chi connectivity index (χ1n) is 4.46. The van der Waals surface area contributed by atoms with Crippen LogP contribution >= 0.6 is 0 Å². The van der Waals surface area contributed by atoms with Crippen LogP contribution in [0.2, 0.25) is 0 Å². The van der Waals surface area contributed by atoms with Crippen LogP contribution in [0.4, 0.5) is 0 Å². The highest BCUT2D eigenvalue weighted by atomic mass is 16.5. The van der Waals surface area contributed by atoms with Gasteiger partial charge in [0.1, 0.15) is 12.0 Å². The van der Waals surface area contributed by atoms with Crippen molar-refractivity contribution in [1.29, 1.82) is 0 Å². The standard InChI is InChI=1S/C12H14O2/c1-4-5-11-7-10(8-13)6-9(2)12(11)14-3/h4,6-8H,1,5H2,2-3H3. The number of ether oxygens (including phenoxy) is 1. The molecule has 0 bridgehead atoms. The third-order valence-corrected chi connectivity index (χ3v) is 2.08. The molecule has 0 aliphatic carbocycles. The normalized spacial score (nSPS) is 9.57. The number of aldehydes is 1. The van der Waals surface area contributed by atoms with Crippen LogP contribution in [0.5, 0.6) is 5.75 Å². The van der Waals surface area contributed by atoms with E-state index < -0.39 is 0 Å². The van der Waals surface area contributed by atoms with Crippen molar-refractivity contribution in [2.24, 2.45) is 0 Å². The minimum absolute atomic E-state index is 0.681. The van der Waals surface area contributed by atoms with Gasteiger partial charge in [0.2, 0.25) is 0 Å². The second-order valence-electron chi connectivity index (χ2n) is 3.14. The van der Waals surface area contributed by atoms with E-state index in [0.29, 0.717) is 12.0 Å². The monoisotopic (exact) mass is 190 g/mol. The molecule has 0 radical (unpaired) electrons. The number of aryl methyl sites for hydroxylation is 1. The first-order chi connectivity index (χ1) is 6.72. The van der Waals surface area contributed by atoms with Crippen molar-refractivity contribution in [3.8, 4) is 5.75 Å². The molecule has 0 spiro atoms. The minimum atomic E-state index is 0.681. The molecule has 1 aromatic rings. The Kier molecular flexibility index (Phi) is 3.46. The van der Waals surface area contributed by atoms with Crippen molar-refractivity contribution in [3.05, 3.63) is 41.5 Å². The van der Waals surface area contributed by atoms with Crippen molar-refractivity contribution in [3.63, 3.8) is 0 Å². The van der Waals surface area contributed by atoms with Gasteiger partial charge in [-0.05, 0) is 36.6 Å². The van der Waals surface area contributed by atoms with Crippen LogP contribution < -0.4 is 4.74 Å². The second-order valence-corrected chi connectivity index (χ2v) is 3.14. The molecule has 0 N–H and O–H groups in total. The largest absolute Gasteiger partial charge is 0.496 e. The van der Waals surface area contributed by atoms with Crippen LogP contribution in [-0.2, 0) is 6.42 Å². The van der Waals surface area contributed by atoms with E-state index in [9.17, 15) is 4.79 Å². The van der Waals surface area contributed by atoms with Gasteiger partial charge in [-0.15, -0.1) is 6.58 Å². The highest BCUT2D eigenvalue weighted by Crippen LogP contribution is 2.25. The lowest BCUT2D eigenvalue weighted by atomic mass is 10.0. The van der Waals surface area contributed by atoms with E-state index in [0.717, 1.165) is 23.2 Å². The Balaban J connectivity index is 3.26. The van der Waals surface area contributed by atoms with Crippen molar-refractivity contribution in [2.45, 2.75) is 13.3 Å². The summed E-state index contributed by atoms with van der Waals surface area (Å²) < 4.78 is 5.26. The summed E-state index contributed by atoms with van der Waals surface area (Å²) >= 11 is 0. The lowest BCUT2D eigenvalue weighted by Gasteiger charge is -2.10. The smallest absolute Gasteiger partial charge is 0.150 e. The van der Waals surface area contributed by atoms with Gasteiger partial charge in [-0.3, -0.25) is 4.79 Å². The quantitative estimate of drug-likeness (QED) is 0.538. The van der Waals surface area contributed by atoms with Crippen molar-refractivity contribution in [2.75, 3.05) is 7.11 Å². The highest BCUT2D eigenvalue weighted by Gasteiger charge is 2.06. The molecular formula is C12H14O2. The van der Waals surface area contributed by atoms with Crippen molar-refractivity contribution < 1.29 is 9.53 Å². The molecule has 74 valence electrons. The Hall–Kier alpha value is -1.57. The number of methoxy groups -OCH3 is 1. The zero-order valence-corrected chi connectivity index (χ0v) is 8.54. The molecule has 0 unspecified atom stereocenters. The fraction of sp³-hybridized carbons (Fsp3) is 0.250. The molecule has 0 saturated carbocycles. The van der Waals surface area contributed by atoms with Crippen LogP contribution in [0.3, 0.4) is 0 Å². The Morgan fingerprint density at radius 2 is 2.21 bits per heavy atom. The summed E-state index contributed by atoms with van der Waals surface area (Å²) in [6.07, 6.45) is 3.36. The zero-order chi connectivity index (χ0) is 10.6. The molecule has 0 fully saturated rings. The third-order valence-electron chi connectivity index (χ3n) is 2.08. The summed E-state index contributed by atoms with van der Waals surface area (Å²) in [5.74, 6) is 0.843. The number of hydrogen-bond donors (Lipinski definition) is 0. The van der Waals surface area contributed by atoms with E-state index in [1.807, 2.05) is 19.1 Å². The molecule has 1 rings (SSSR count). The highest BCUT2D eigenvalue weighted by molar-refractivity contribution is 5.76. The number of carbonyl (C=O) groups is 1. The summed E-state index contributed by atoms with van der Waals surface area (Å²) in [7, 11) is 1.63. The zero-order valence-electron chi connectivity index (χ0n) is 8.54. The summed E-state index contributed by atoms with van der Waals surface area (Å²) in [5.41, 5.74) is 2.67. The van der Waals surface area contributed by atoms with Gasteiger partial charge >= 0.3 is 0 Å². The maximum atomic E-state index is 10.6. The molecule has 1 aromatic carbocycles. The number of benzene rings is 1. The topological polar surface area (TPSA) is 26.3 Å². The summed E-state index contributed by atoms with van der Waals surface area (Å²) in [5, 5.41) is 0. The van der Waals surface area contributed by atoms with Gasteiger partial charge < -0.3 is 4.74 Å². The summed E-state index contributed by atoms with van der Waals surface area (Å²) in [6.45, 7) is 5.60. The predicted molar refractivity (Wildman–Crippen MR) is 57.0 cm³/mol. The number of rotatable bonds is 4. The number of allylic oxidation sites excluding steroid dienone is 1. The van der Waals surface area contributed by atoms with E-state index in [1.165, 1.54) is 0 Å². The minimum Gasteiger partial charge on any atom is -0.496 e. The molecular weight excluding hydrogens is 176 g/mol. The predicted octanol–water partition coefficient (Wildman–Crippen LogP) is 2.54. The van der Waals surface area contributed by atoms with Crippen LogP contribution in [0.15, 0.2) is 24.8 Å². The van der Waals surface area contributed by atoms with E-state index in [4.69, 9.17) is 4.74 Å². The Morgan fingerprint density at radius 1 is 1.50 bits per heavy atom. The summed E-state index contributed by atoms with van der Waals surface area (Å²) in [6, 6.07) is 3.65. The van der Waals surface area contributed by atoms with E-state index in [1.54, 1.807) is 13.2 Å². The Bertz CT molecular complexity index is 354. The fourth-order valence-corrected chi connectivity index (χ4v) is 1.54. The van der Waals surface area contributed by atoms with Gasteiger partial charge in [-0.25, -0.2) is 0 Å².